The number of esters is 4. The Morgan fingerprint density at radius 2 is 0.595 bits per heavy atom. The van der Waals surface area contributed by atoms with Crippen LogP contribution in [0.25, 0.3) is 0 Å². The third-order valence-electron chi connectivity index (χ3n) is 18.6. The van der Waals surface area contributed by atoms with Crippen molar-refractivity contribution < 1.29 is 96.0 Å². The van der Waals surface area contributed by atoms with Gasteiger partial charge < -0.3 is 76.9 Å². The molecular formula is C84H114Br4O22Si11. The zero-order valence-electron chi connectivity index (χ0n) is 71.4. The maximum atomic E-state index is 13.3. The first-order chi connectivity index (χ1) is 57.4. The van der Waals surface area contributed by atoms with Crippen molar-refractivity contribution >= 4 is 222 Å². The molecule has 12 rings (SSSR count). The highest BCUT2D eigenvalue weighted by Gasteiger charge is 2.80. The van der Waals surface area contributed by atoms with E-state index < -0.39 is 128 Å². The number of ether oxygens (including phenoxy) is 4. The molecule has 37 heteroatoms. The molecule has 8 unspecified atom stereocenters. The van der Waals surface area contributed by atoms with E-state index in [0.29, 0.717) is 74.8 Å². The van der Waals surface area contributed by atoms with Gasteiger partial charge in [-0.15, -0.1) is 0 Å². The number of benzene rings is 8. The normalized spacial score (nSPS) is 24.0. The van der Waals surface area contributed by atoms with Gasteiger partial charge >= 0.3 is 94.3 Å². The number of carbonyl (C=O) groups excluding carboxylic acids is 4. The molecule has 0 aliphatic carbocycles. The molecule has 0 N–H and O–H groups in total. The SMILES string of the molecule is CCCCOC(=O)C(C)(C)Br.CCCCOC(=O)C(C)(C)Br.C[SiH2]O[Si]1(c2ccccc2)O[Si]2(Cc3ccccc3)O[Si](OCCCCOC(=O)C(C)(C)Br)(c3ccccc3)O[Si](c3ccccc3)(O1)O[Si]1(c3ccccc3)O[Si](O[SiH2]C)(c3ccccc3)O[Si](c3ccccc3)(O2)O[Si](O[Si](C)(C)CCCOC(=O)C(C)(C)Br)(c2ccccc2)O1. The van der Waals surface area contributed by atoms with Gasteiger partial charge in [0.05, 0.1) is 26.4 Å². The summed E-state index contributed by atoms with van der Waals surface area (Å²) in [7, 11) is -47.4. The van der Waals surface area contributed by atoms with Crippen LogP contribution in [0.2, 0.25) is 32.2 Å². The molecule has 8 aromatic carbocycles. The molecule has 0 amide bonds. The van der Waals surface area contributed by atoms with Gasteiger partial charge in [-0.05, 0) is 112 Å². The zero-order chi connectivity index (χ0) is 87.8. The fourth-order valence-electron chi connectivity index (χ4n) is 12.5. The molecule has 121 heavy (non-hydrogen) atoms. The molecule has 654 valence electrons. The minimum atomic E-state index is -5.36. The van der Waals surface area contributed by atoms with Crippen molar-refractivity contribution in [3.05, 3.63) is 248 Å². The van der Waals surface area contributed by atoms with Crippen molar-refractivity contribution in [1.82, 2.24) is 0 Å². The quantitative estimate of drug-likeness (QED) is 0.0118. The Morgan fingerprint density at radius 1 is 0.331 bits per heavy atom. The van der Waals surface area contributed by atoms with Crippen LogP contribution in [0.1, 0.15) is 120 Å². The van der Waals surface area contributed by atoms with E-state index in [1.807, 2.05) is 256 Å². The second-order valence-corrected chi connectivity index (χ2v) is 69.6. The van der Waals surface area contributed by atoms with Gasteiger partial charge in [-0.3, -0.25) is 19.2 Å². The third-order valence-corrected chi connectivity index (χ3v) is 60.8. The van der Waals surface area contributed by atoms with Gasteiger partial charge in [0.2, 0.25) is 0 Å². The molecule has 4 aliphatic rings. The molecule has 4 heterocycles. The molecule has 4 fully saturated rings. The Morgan fingerprint density at radius 3 is 0.934 bits per heavy atom. The van der Waals surface area contributed by atoms with Gasteiger partial charge in [-0.2, -0.15) is 0 Å². The lowest BCUT2D eigenvalue weighted by molar-refractivity contribution is -0.146. The Bertz CT molecular complexity index is 4500. The molecule has 4 bridgehead atoms. The predicted molar refractivity (Wildman–Crippen MR) is 509 cm³/mol. The summed E-state index contributed by atoms with van der Waals surface area (Å²) in [6.45, 7) is 27.8. The van der Waals surface area contributed by atoms with Gasteiger partial charge in [0.1, 0.15) is 36.8 Å². The lowest BCUT2D eigenvalue weighted by atomic mass is 10.2. The summed E-state index contributed by atoms with van der Waals surface area (Å²) in [5.41, 5.74) is 0.743. The minimum absolute atomic E-state index is 0.00272. The summed E-state index contributed by atoms with van der Waals surface area (Å²) in [5.74, 6) is -1.18. The average Bonchev–Trinajstić information content (AvgIpc) is 0.688. The van der Waals surface area contributed by atoms with E-state index in [0.717, 1.165) is 31.2 Å². The van der Waals surface area contributed by atoms with E-state index in [1.165, 1.54) is 0 Å². The summed E-state index contributed by atoms with van der Waals surface area (Å²) in [4.78, 5) is 48.6. The molecule has 0 spiro atoms. The van der Waals surface area contributed by atoms with Gasteiger partial charge in [0, 0.05) is 49.0 Å². The molecule has 4 aliphatic heterocycles. The topological polar surface area (TPSA) is 234 Å². The smallest absolute Gasteiger partial charge is 0.465 e. The number of unbranched alkanes of at least 4 members (excludes halogenated alkanes) is 3. The van der Waals surface area contributed by atoms with Crippen molar-refractivity contribution in [3.8, 4) is 0 Å². The van der Waals surface area contributed by atoms with Crippen LogP contribution < -0.4 is 36.3 Å². The van der Waals surface area contributed by atoms with Crippen molar-refractivity contribution in [2.45, 2.75) is 170 Å². The van der Waals surface area contributed by atoms with Crippen LogP contribution in [0.5, 0.6) is 0 Å². The molecule has 0 saturated carbocycles. The second kappa shape index (κ2) is 44.9. The molecular weight excluding hydrogens is 1990 g/mol. The zero-order valence-corrected chi connectivity index (χ0v) is 89.6. The highest BCUT2D eigenvalue weighted by molar-refractivity contribution is 9.10. The fraction of sp³-hybridized carbons (Fsp3) is 0.381. The van der Waals surface area contributed by atoms with E-state index >= 15 is 0 Å². The van der Waals surface area contributed by atoms with Gasteiger partial charge in [0.15, 0.2) is 8.32 Å². The van der Waals surface area contributed by atoms with Crippen LogP contribution in [-0.2, 0) is 102 Å². The predicted octanol–water partition coefficient (Wildman–Crippen LogP) is 13.0. The van der Waals surface area contributed by atoms with E-state index in [4.69, 9.17) is 76.9 Å². The van der Waals surface area contributed by atoms with Crippen LogP contribution in [0.15, 0.2) is 243 Å². The summed E-state index contributed by atoms with van der Waals surface area (Å²) in [5, 5.41) is 3.48. The lowest BCUT2D eigenvalue weighted by Gasteiger charge is -2.57. The number of alkyl halides is 4. The molecule has 0 aromatic heterocycles. The van der Waals surface area contributed by atoms with Crippen LogP contribution >= 0.6 is 63.7 Å². The van der Waals surface area contributed by atoms with E-state index in [1.54, 1.807) is 55.4 Å². The van der Waals surface area contributed by atoms with Gasteiger partial charge in [0.25, 0.3) is 0 Å². The number of hydrogen-bond acceptors (Lipinski definition) is 22. The van der Waals surface area contributed by atoms with Crippen molar-refractivity contribution in [1.29, 1.82) is 0 Å². The maximum absolute atomic E-state index is 13.3. The molecule has 8 aromatic rings. The van der Waals surface area contributed by atoms with Gasteiger partial charge in [-0.25, -0.2) is 0 Å². The summed E-state index contributed by atoms with van der Waals surface area (Å²) in [6.07, 6.45) is 5.17. The second-order valence-electron chi connectivity index (χ2n) is 31.3. The lowest BCUT2D eigenvalue weighted by Crippen LogP contribution is -2.89. The highest BCUT2D eigenvalue weighted by atomic mass is 79.9. The summed E-state index contributed by atoms with van der Waals surface area (Å²) < 4.78 is 136. The van der Waals surface area contributed by atoms with Crippen molar-refractivity contribution in [3.63, 3.8) is 0 Å². The maximum Gasteiger partial charge on any atom is 0.522 e. The monoisotopic (exact) mass is 2100 g/mol. The standard InChI is InChI=1S/C68H84Br2O18Si11.2C8H15BrO2/c1-67(2,69)65(71)73-52-33-34-54-75-93(58-38-19-10-20-39-58)79-92(56-57-36-17-9-18-37-57)80-94(76-89-5,59-40-21-11-22-41-59)83-98(82-93,63-48-29-15-30-49-63)88-99(64-50-31-16-32-51-64)85-95(77-90-6,60-42-23-12-24-43-60)84-97(81-92,62-46-27-14-28-47-62)86-96(87-99,61-44-25-13-26-45-61)78-91(7,8)55-35-53-74-66(72)68(3,4)70;2*1-4-5-6-11-7(10)8(2,3)9/h9-32,36-51H,33-35,52-56,89-90H2,1-8H3;2*4-6H2,1-3H3. The summed E-state index contributed by atoms with van der Waals surface area (Å²) >= 11 is 13.4. The van der Waals surface area contributed by atoms with Gasteiger partial charge in [-0.1, -0.05) is 346 Å². The number of halogens is 4. The van der Waals surface area contributed by atoms with E-state index in [2.05, 4.69) is 90.7 Å². The average molecular weight is 2100 g/mol. The third kappa shape index (κ3) is 27.5. The molecule has 4 saturated heterocycles. The minimum Gasteiger partial charge on any atom is -0.465 e. The first-order valence-electron chi connectivity index (χ1n) is 40.9. The molecule has 0 radical (unpaired) electrons. The Kier molecular flexibility index (Phi) is 37.2. The Balaban J connectivity index is 0.000000663. The number of hydrogen-bond donors (Lipinski definition) is 0. The fourth-order valence-corrected chi connectivity index (χ4v) is 64.6. The van der Waals surface area contributed by atoms with E-state index in [9.17, 15) is 19.2 Å². The number of rotatable bonds is 35. The molecule has 8 atom stereocenters. The summed E-state index contributed by atoms with van der Waals surface area (Å²) in [6, 6.07) is 77.4. The number of fused-ring (bicyclic) bond motifs is 4. The molecule has 22 nitrogen and oxygen atoms in total. The van der Waals surface area contributed by atoms with Crippen molar-refractivity contribution in [2.75, 3.05) is 33.0 Å². The van der Waals surface area contributed by atoms with Crippen LogP contribution in [0.3, 0.4) is 0 Å². The Hall–Kier alpha value is -4.61. The first kappa shape index (κ1) is 100. The van der Waals surface area contributed by atoms with Crippen molar-refractivity contribution in [2.24, 2.45) is 0 Å². The largest absolute Gasteiger partial charge is 0.522 e. The van der Waals surface area contributed by atoms with Crippen LogP contribution in [0.4, 0.5) is 0 Å². The van der Waals surface area contributed by atoms with Crippen LogP contribution in [0, 0.1) is 0 Å². The van der Waals surface area contributed by atoms with Crippen LogP contribution in [-0.4, -0.2) is 172 Å². The Labute approximate surface area is 762 Å². The highest BCUT2D eigenvalue weighted by Crippen LogP contribution is 2.45. The first-order valence-corrected chi connectivity index (χ1v) is 65.2. The number of carbonyl (C=O) groups is 4. The van der Waals surface area contributed by atoms with E-state index in [-0.39, 0.29) is 37.8 Å².